The summed E-state index contributed by atoms with van der Waals surface area (Å²) in [5.41, 5.74) is 2.49. The van der Waals surface area contributed by atoms with Gasteiger partial charge in [-0.05, 0) is 26.7 Å². The first-order valence-corrected chi connectivity index (χ1v) is 5.92. The van der Waals surface area contributed by atoms with Crippen LogP contribution in [0, 0.1) is 0 Å². The molecule has 0 amide bonds. The van der Waals surface area contributed by atoms with Crippen molar-refractivity contribution in [3.63, 3.8) is 0 Å². The number of likely N-dealkylation sites (N-methyl/N-ethyl adjacent to an activating group) is 1. The summed E-state index contributed by atoms with van der Waals surface area (Å²) in [4.78, 5) is 13.0. The Hall–Kier alpha value is -0.990. The van der Waals surface area contributed by atoms with E-state index in [4.69, 9.17) is 0 Å². The molecule has 15 heavy (non-hydrogen) atoms. The number of carbonyl (C=O) groups excluding carboxylic acids is 1. The lowest BCUT2D eigenvalue weighted by atomic mass is 10.1. The zero-order chi connectivity index (χ0) is 11.3. The molecule has 1 rings (SSSR count). The van der Waals surface area contributed by atoms with E-state index < -0.39 is 0 Å². The number of nitrogens with zero attached hydrogens (tertiary/aromatic N) is 1. The van der Waals surface area contributed by atoms with Crippen molar-refractivity contribution < 1.29 is 4.79 Å². The number of unbranched alkanes of at least 4 members (excludes halogenated alkanes) is 2. The SMILES string of the molecule is CCCCCC1=C(C)NC(C=O)N1CC. The van der Waals surface area contributed by atoms with E-state index in [-0.39, 0.29) is 6.17 Å². The molecule has 0 saturated heterocycles. The van der Waals surface area contributed by atoms with E-state index in [1.54, 1.807) is 0 Å². The topological polar surface area (TPSA) is 32.3 Å². The van der Waals surface area contributed by atoms with Crippen LogP contribution in [0.2, 0.25) is 0 Å². The van der Waals surface area contributed by atoms with E-state index in [9.17, 15) is 4.79 Å². The molecule has 0 radical (unpaired) electrons. The molecular weight excluding hydrogens is 188 g/mol. The standard InChI is InChI=1S/C12H22N2O/c1-4-6-7-8-11-10(3)13-12(9-15)14(11)5-2/h9,12-13H,4-8H2,1-3H3. The second-order valence-corrected chi connectivity index (χ2v) is 4.04. The van der Waals surface area contributed by atoms with Crippen LogP contribution < -0.4 is 5.32 Å². The van der Waals surface area contributed by atoms with Crippen LogP contribution in [-0.2, 0) is 4.79 Å². The Bertz CT molecular complexity index is 248. The third-order valence-corrected chi connectivity index (χ3v) is 2.97. The Labute approximate surface area is 92.5 Å². The van der Waals surface area contributed by atoms with Gasteiger partial charge in [0.25, 0.3) is 0 Å². The Morgan fingerprint density at radius 2 is 2.13 bits per heavy atom. The predicted molar refractivity (Wildman–Crippen MR) is 62.2 cm³/mol. The van der Waals surface area contributed by atoms with Gasteiger partial charge in [0.2, 0.25) is 0 Å². The molecular formula is C12H22N2O. The lowest BCUT2D eigenvalue weighted by Gasteiger charge is -2.23. The maximum Gasteiger partial charge on any atom is 0.162 e. The van der Waals surface area contributed by atoms with Crippen molar-refractivity contribution in [3.05, 3.63) is 11.4 Å². The van der Waals surface area contributed by atoms with Crippen LogP contribution in [0.5, 0.6) is 0 Å². The van der Waals surface area contributed by atoms with Gasteiger partial charge < -0.3 is 10.2 Å². The molecule has 1 N–H and O–H groups in total. The van der Waals surface area contributed by atoms with Crippen LogP contribution in [0.3, 0.4) is 0 Å². The minimum Gasteiger partial charge on any atom is -0.361 e. The fraction of sp³-hybridized carbons (Fsp3) is 0.750. The van der Waals surface area contributed by atoms with E-state index in [0.29, 0.717) is 0 Å². The molecule has 0 bridgehead atoms. The largest absolute Gasteiger partial charge is 0.361 e. The van der Waals surface area contributed by atoms with Crippen LogP contribution in [0.1, 0.15) is 46.5 Å². The molecule has 1 aliphatic heterocycles. The quantitative estimate of drug-likeness (QED) is 0.539. The molecule has 0 aromatic heterocycles. The molecule has 1 aliphatic rings. The molecule has 0 aromatic carbocycles. The third-order valence-electron chi connectivity index (χ3n) is 2.97. The van der Waals surface area contributed by atoms with Gasteiger partial charge in [-0.3, -0.25) is 4.79 Å². The molecule has 0 aliphatic carbocycles. The minimum absolute atomic E-state index is 0.133. The molecule has 1 unspecified atom stereocenters. The predicted octanol–water partition coefficient (Wildman–Crippen LogP) is 2.25. The lowest BCUT2D eigenvalue weighted by Crippen LogP contribution is -2.38. The number of aldehydes is 1. The number of hydrogen-bond donors (Lipinski definition) is 1. The maximum absolute atomic E-state index is 10.9. The van der Waals surface area contributed by atoms with Crippen molar-refractivity contribution in [1.29, 1.82) is 0 Å². The summed E-state index contributed by atoms with van der Waals surface area (Å²) >= 11 is 0. The van der Waals surface area contributed by atoms with E-state index >= 15 is 0 Å². The van der Waals surface area contributed by atoms with Crippen molar-refractivity contribution in [1.82, 2.24) is 10.2 Å². The van der Waals surface area contributed by atoms with Gasteiger partial charge in [0.1, 0.15) is 0 Å². The van der Waals surface area contributed by atoms with Crippen LogP contribution >= 0.6 is 0 Å². The Morgan fingerprint density at radius 3 is 2.67 bits per heavy atom. The van der Waals surface area contributed by atoms with E-state index in [0.717, 1.165) is 19.3 Å². The fourth-order valence-electron chi connectivity index (χ4n) is 2.13. The van der Waals surface area contributed by atoms with Crippen molar-refractivity contribution >= 4 is 6.29 Å². The van der Waals surface area contributed by atoms with Crippen molar-refractivity contribution in [2.24, 2.45) is 0 Å². The Kier molecular flexibility index (Phi) is 4.66. The van der Waals surface area contributed by atoms with Gasteiger partial charge in [-0.25, -0.2) is 0 Å². The zero-order valence-corrected chi connectivity index (χ0v) is 10.0. The summed E-state index contributed by atoms with van der Waals surface area (Å²) < 4.78 is 0. The molecule has 0 saturated carbocycles. The van der Waals surface area contributed by atoms with Crippen molar-refractivity contribution in [2.45, 2.75) is 52.6 Å². The first-order valence-electron chi connectivity index (χ1n) is 5.92. The molecule has 1 atom stereocenters. The molecule has 0 spiro atoms. The average Bonchev–Trinajstić information content (AvgIpc) is 2.55. The Balaban J connectivity index is 2.59. The van der Waals surface area contributed by atoms with Gasteiger partial charge in [-0.15, -0.1) is 0 Å². The Morgan fingerprint density at radius 1 is 1.40 bits per heavy atom. The number of allylic oxidation sites excluding steroid dienone is 2. The normalized spacial score (nSPS) is 20.7. The number of hydrogen-bond acceptors (Lipinski definition) is 3. The number of carbonyl (C=O) groups is 1. The van der Waals surface area contributed by atoms with Gasteiger partial charge in [0.15, 0.2) is 12.5 Å². The van der Waals surface area contributed by atoms with E-state index in [1.807, 2.05) is 0 Å². The number of rotatable bonds is 6. The second-order valence-electron chi connectivity index (χ2n) is 4.04. The molecule has 0 fully saturated rings. The summed E-state index contributed by atoms with van der Waals surface area (Å²) in [6, 6.07) is 0. The summed E-state index contributed by atoms with van der Waals surface area (Å²) in [6.45, 7) is 7.26. The summed E-state index contributed by atoms with van der Waals surface area (Å²) in [5, 5.41) is 3.22. The number of nitrogens with one attached hydrogen (secondary N) is 1. The van der Waals surface area contributed by atoms with E-state index in [2.05, 4.69) is 31.0 Å². The van der Waals surface area contributed by atoms with E-state index in [1.165, 1.54) is 30.7 Å². The van der Waals surface area contributed by atoms with Crippen molar-refractivity contribution in [2.75, 3.05) is 6.54 Å². The molecule has 86 valence electrons. The molecule has 0 aromatic rings. The van der Waals surface area contributed by atoms with Crippen LogP contribution in [0.15, 0.2) is 11.4 Å². The second kappa shape index (κ2) is 5.79. The maximum atomic E-state index is 10.9. The van der Waals surface area contributed by atoms with Crippen LogP contribution in [-0.4, -0.2) is 23.9 Å². The smallest absolute Gasteiger partial charge is 0.162 e. The highest BCUT2D eigenvalue weighted by molar-refractivity contribution is 5.59. The van der Waals surface area contributed by atoms with Crippen LogP contribution in [0.4, 0.5) is 0 Å². The first-order chi connectivity index (χ1) is 7.24. The van der Waals surface area contributed by atoms with Crippen molar-refractivity contribution in [3.8, 4) is 0 Å². The zero-order valence-electron chi connectivity index (χ0n) is 10.0. The lowest BCUT2D eigenvalue weighted by molar-refractivity contribution is -0.112. The van der Waals surface area contributed by atoms with Gasteiger partial charge in [-0.2, -0.15) is 0 Å². The monoisotopic (exact) mass is 210 g/mol. The van der Waals surface area contributed by atoms with Gasteiger partial charge in [0.05, 0.1) is 0 Å². The average molecular weight is 210 g/mol. The highest BCUT2D eigenvalue weighted by atomic mass is 16.1. The van der Waals surface area contributed by atoms with Crippen LogP contribution in [0.25, 0.3) is 0 Å². The highest BCUT2D eigenvalue weighted by Crippen LogP contribution is 2.23. The summed E-state index contributed by atoms with van der Waals surface area (Å²) in [5.74, 6) is 0. The highest BCUT2D eigenvalue weighted by Gasteiger charge is 2.26. The minimum atomic E-state index is -0.133. The molecule has 3 nitrogen and oxygen atoms in total. The van der Waals surface area contributed by atoms with Gasteiger partial charge in [0, 0.05) is 17.9 Å². The third kappa shape index (κ3) is 2.74. The summed E-state index contributed by atoms with van der Waals surface area (Å²) in [7, 11) is 0. The molecule has 3 heteroatoms. The van der Waals surface area contributed by atoms with Gasteiger partial charge in [-0.1, -0.05) is 19.8 Å². The molecule has 1 heterocycles. The van der Waals surface area contributed by atoms with Gasteiger partial charge >= 0.3 is 0 Å². The fourth-order valence-corrected chi connectivity index (χ4v) is 2.13. The first kappa shape index (κ1) is 12.1. The summed E-state index contributed by atoms with van der Waals surface area (Å²) in [6.07, 6.45) is 5.66.